The Hall–Kier alpha value is -1.32. The zero-order valence-corrected chi connectivity index (χ0v) is 12.8. The summed E-state index contributed by atoms with van der Waals surface area (Å²) in [5.74, 6) is 1.68. The Morgan fingerprint density at radius 1 is 1.11 bits per heavy atom. The predicted octanol–water partition coefficient (Wildman–Crippen LogP) is 4.91. The van der Waals surface area contributed by atoms with Gasteiger partial charge in [-0.15, -0.1) is 0 Å². The topological polar surface area (TPSA) is 21.3 Å². The van der Waals surface area contributed by atoms with Crippen LogP contribution >= 0.6 is 15.9 Å². The highest BCUT2D eigenvalue weighted by Crippen LogP contribution is 2.29. The zero-order valence-electron chi connectivity index (χ0n) is 11.2. The fraction of sp³-hybridized carbons (Fsp3) is 0.250. The number of nitrogens with one attached hydrogen (secondary N) is 1. The molecular weight excluding hydrogens is 302 g/mol. The van der Waals surface area contributed by atoms with Gasteiger partial charge in [0.05, 0.1) is 4.47 Å². The van der Waals surface area contributed by atoms with Crippen LogP contribution in [0.3, 0.4) is 0 Å². The van der Waals surface area contributed by atoms with Gasteiger partial charge in [0.25, 0.3) is 0 Å². The average molecular weight is 320 g/mol. The molecular formula is C16H18BrNO. The average Bonchev–Trinajstić information content (AvgIpc) is 2.42. The number of ether oxygens (including phenoxy) is 1. The second-order valence-corrected chi connectivity index (χ2v) is 5.24. The summed E-state index contributed by atoms with van der Waals surface area (Å²) in [6.07, 6.45) is 0. The van der Waals surface area contributed by atoms with E-state index in [4.69, 9.17) is 4.74 Å². The van der Waals surface area contributed by atoms with Gasteiger partial charge in [0, 0.05) is 6.04 Å². The van der Waals surface area contributed by atoms with Crippen molar-refractivity contribution in [3.63, 3.8) is 0 Å². The Kier molecular flexibility index (Phi) is 5.00. The normalized spacial score (nSPS) is 12.2. The Morgan fingerprint density at radius 3 is 2.42 bits per heavy atom. The first kappa shape index (κ1) is 14.1. The van der Waals surface area contributed by atoms with Crippen LogP contribution in [0.4, 0.5) is 0 Å². The molecule has 0 aliphatic carbocycles. The van der Waals surface area contributed by atoms with Gasteiger partial charge in [-0.2, -0.15) is 0 Å². The van der Waals surface area contributed by atoms with E-state index >= 15 is 0 Å². The smallest absolute Gasteiger partial charge is 0.141 e. The standard InChI is InChI=1S/C16H18BrNO/c1-3-18-12(2)13-8-10-14(11-9-13)19-16-7-5-4-6-15(16)17/h4-12,18H,3H2,1-2H3. The SMILES string of the molecule is CCNC(C)c1ccc(Oc2ccccc2Br)cc1. The monoisotopic (exact) mass is 319 g/mol. The maximum absolute atomic E-state index is 5.84. The number of para-hydroxylation sites is 1. The van der Waals surface area contributed by atoms with E-state index in [1.54, 1.807) is 0 Å². The Morgan fingerprint density at radius 2 is 1.79 bits per heavy atom. The molecule has 0 aromatic heterocycles. The first-order valence-corrected chi connectivity index (χ1v) is 7.25. The van der Waals surface area contributed by atoms with E-state index in [-0.39, 0.29) is 0 Å². The molecule has 1 unspecified atom stereocenters. The molecule has 100 valence electrons. The lowest BCUT2D eigenvalue weighted by atomic mass is 10.1. The van der Waals surface area contributed by atoms with E-state index in [2.05, 4.69) is 47.2 Å². The van der Waals surface area contributed by atoms with Gasteiger partial charge < -0.3 is 10.1 Å². The van der Waals surface area contributed by atoms with Crippen molar-refractivity contribution in [3.05, 3.63) is 58.6 Å². The molecule has 0 fully saturated rings. The molecule has 0 saturated carbocycles. The molecule has 0 saturated heterocycles. The quantitative estimate of drug-likeness (QED) is 0.845. The number of benzene rings is 2. The summed E-state index contributed by atoms with van der Waals surface area (Å²) >= 11 is 3.48. The first-order valence-electron chi connectivity index (χ1n) is 6.46. The van der Waals surface area contributed by atoms with Crippen molar-refractivity contribution in [2.45, 2.75) is 19.9 Å². The summed E-state index contributed by atoms with van der Waals surface area (Å²) in [7, 11) is 0. The van der Waals surface area contributed by atoms with Gasteiger partial charge >= 0.3 is 0 Å². The number of hydrogen-bond acceptors (Lipinski definition) is 2. The molecule has 2 aromatic carbocycles. The van der Waals surface area contributed by atoms with Crippen LogP contribution < -0.4 is 10.1 Å². The lowest BCUT2D eigenvalue weighted by Crippen LogP contribution is -2.17. The van der Waals surface area contributed by atoms with E-state index in [1.165, 1.54) is 5.56 Å². The Bertz CT molecular complexity index is 525. The molecule has 0 radical (unpaired) electrons. The third-order valence-electron chi connectivity index (χ3n) is 2.95. The van der Waals surface area contributed by atoms with Gasteiger partial charge in [0.1, 0.15) is 11.5 Å². The second kappa shape index (κ2) is 6.73. The predicted molar refractivity (Wildman–Crippen MR) is 82.7 cm³/mol. The van der Waals surface area contributed by atoms with E-state index < -0.39 is 0 Å². The van der Waals surface area contributed by atoms with Crippen LogP contribution in [0, 0.1) is 0 Å². The third-order valence-corrected chi connectivity index (χ3v) is 3.61. The van der Waals surface area contributed by atoms with Crippen LogP contribution in [-0.2, 0) is 0 Å². The highest BCUT2D eigenvalue weighted by Gasteiger charge is 2.05. The van der Waals surface area contributed by atoms with Gasteiger partial charge in [0.15, 0.2) is 0 Å². The van der Waals surface area contributed by atoms with Crippen LogP contribution in [0.5, 0.6) is 11.5 Å². The maximum atomic E-state index is 5.84. The van der Waals surface area contributed by atoms with Crippen LogP contribution in [0.2, 0.25) is 0 Å². The first-order chi connectivity index (χ1) is 9.20. The summed E-state index contributed by atoms with van der Waals surface area (Å²) in [5.41, 5.74) is 1.27. The highest BCUT2D eigenvalue weighted by molar-refractivity contribution is 9.10. The zero-order chi connectivity index (χ0) is 13.7. The molecule has 0 spiro atoms. The van der Waals surface area contributed by atoms with Crippen LogP contribution in [0.1, 0.15) is 25.5 Å². The van der Waals surface area contributed by atoms with Crippen molar-refractivity contribution < 1.29 is 4.74 Å². The maximum Gasteiger partial charge on any atom is 0.141 e. The molecule has 2 aromatic rings. The van der Waals surface area contributed by atoms with Gasteiger partial charge in [-0.1, -0.05) is 31.2 Å². The van der Waals surface area contributed by atoms with Crippen LogP contribution in [0.15, 0.2) is 53.0 Å². The summed E-state index contributed by atoms with van der Waals surface area (Å²) in [4.78, 5) is 0. The van der Waals surface area contributed by atoms with Gasteiger partial charge in [-0.3, -0.25) is 0 Å². The Labute approximate surface area is 122 Å². The summed E-state index contributed by atoms with van der Waals surface area (Å²) in [6.45, 7) is 5.24. The van der Waals surface area contributed by atoms with Crippen molar-refractivity contribution in [2.24, 2.45) is 0 Å². The molecule has 0 aliphatic heterocycles. The molecule has 19 heavy (non-hydrogen) atoms. The molecule has 0 heterocycles. The Balaban J connectivity index is 2.09. The third kappa shape index (κ3) is 3.82. The fourth-order valence-electron chi connectivity index (χ4n) is 1.90. The minimum atomic E-state index is 0.363. The van der Waals surface area contributed by atoms with Crippen molar-refractivity contribution in [3.8, 4) is 11.5 Å². The number of halogens is 1. The summed E-state index contributed by atoms with van der Waals surface area (Å²) < 4.78 is 6.79. The molecule has 1 atom stereocenters. The minimum absolute atomic E-state index is 0.363. The molecule has 0 amide bonds. The molecule has 2 nitrogen and oxygen atoms in total. The molecule has 2 rings (SSSR count). The molecule has 0 bridgehead atoms. The molecule has 3 heteroatoms. The van der Waals surface area contributed by atoms with E-state index in [9.17, 15) is 0 Å². The second-order valence-electron chi connectivity index (χ2n) is 4.38. The molecule has 0 aliphatic rings. The molecule has 1 N–H and O–H groups in total. The van der Waals surface area contributed by atoms with E-state index in [0.717, 1.165) is 22.5 Å². The van der Waals surface area contributed by atoms with Gasteiger partial charge in [-0.25, -0.2) is 0 Å². The van der Waals surface area contributed by atoms with Crippen LogP contribution in [-0.4, -0.2) is 6.54 Å². The largest absolute Gasteiger partial charge is 0.456 e. The fourth-order valence-corrected chi connectivity index (χ4v) is 2.27. The number of rotatable bonds is 5. The van der Waals surface area contributed by atoms with Crippen LogP contribution in [0.25, 0.3) is 0 Å². The minimum Gasteiger partial charge on any atom is -0.456 e. The van der Waals surface area contributed by atoms with Crippen molar-refractivity contribution in [1.82, 2.24) is 5.32 Å². The summed E-state index contributed by atoms with van der Waals surface area (Å²) in [5, 5.41) is 3.39. The van der Waals surface area contributed by atoms with Gasteiger partial charge in [0.2, 0.25) is 0 Å². The van der Waals surface area contributed by atoms with E-state index in [1.807, 2.05) is 36.4 Å². The van der Waals surface area contributed by atoms with Crippen molar-refractivity contribution in [1.29, 1.82) is 0 Å². The number of hydrogen-bond donors (Lipinski definition) is 1. The van der Waals surface area contributed by atoms with Crippen molar-refractivity contribution in [2.75, 3.05) is 6.54 Å². The van der Waals surface area contributed by atoms with Crippen molar-refractivity contribution >= 4 is 15.9 Å². The summed E-state index contributed by atoms with van der Waals surface area (Å²) in [6, 6.07) is 16.4. The lowest BCUT2D eigenvalue weighted by Gasteiger charge is -2.13. The highest BCUT2D eigenvalue weighted by atomic mass is 79.9. The lowest BCUT2D eigenvalue weighted by molar-refractivity contribution is 0.479. The van der Waals surface area contributed by atoms with Gasteiger partial charge in [-0.05, 0) is 59.2 Å². The van der Waals surface area contributed by atoms with E-state index in [0.29, 0.717) is 6.04 Å².